The van der Waals surface area contributed by atoms with Gasteiger partial charge in [0.05, 0.1) is 16.7 Å². The molecule has 0 saturated heterocycles. The number of hydrogen-bond donors (Lipinski definition) is 1. The number of rotatable bonds is 6. The molecule has 0 aromatic heterocycles. The molecule has 0 bridgehead atoms. The van der Waals surface area contributed by atoms with E-state index in [4.69, 9.17) is 23.2 Å². The standard InChI is InChI=1S/C14H19Cl2NO.ClH/c1-4-7-17(3)14(2,10-18)9-11-5-6-12(15)13(16)8-11;/h4-6,8,18H,1,7,9-10H2,2-3H3;1H/t14-;/m0./s1. The number of aliphatic hydroxyl groups excluding tert-OH is 1. The summed E-state index contributed by atoms with van der Waals surface area (Å²) in [4.78, 5) is 2.07. The maximum atomic E-state index is 9.63. The first kappa shape index (κ1) is 18.8. The van der Waals surface area contributed by atoms with Gasteiger partial charge < -0.3 is 5.11 Å². The maximum Gasteiger partial charge on any atom is 0.0616 e. The summed E-state index contributed by atoms with van der Waals surface area (Å²) >= 11 is 11.9. The fourth-order valence-corrected chi connectivity index (χ4v) is 2.14. The predicted molar refractivity (Wildman–Crippen MR) is 85.7 cm³/mol. The third kappa shape index (κ3) is 4.97. The van der Waals surface area contributed by atoms with E-state index < -0.39 is 0 Å². The molecule has 0 aliphatic heterocycles. The molecule has 0 aliphatic rings. The smallest absolute Gasteiger partial charge is 0.0616 e. The van der Waals surface area contributed by atoms with Crippen molar-refractivity contribution in [3.63, 3.8) is 0 Å². The Labute approximate surface area is 131 Å². The van der Waals surface area contributed by atoms with Gasteiger partial charge in [-0.2, -0.15) is 0 Å². The third-order valence-electron chi connectivity index (χ3n) is 3.23. The lowest BCUT2D eigenvalue weighted by Crippen LogP contribution is -2.48. The summed E-state index contributed by atoms with van der Waals surface area (Å²) < 4.78 is 0. The zero-order valence-corrected chi connectivity index (χ0v) is 13.5. The zero-order valence-electron chi connectivity index (χ0n) is 11.2. The number of aliphatic hydroxyl groups is 1. The first-order chi connectivity index (χ1) is 8.42. The van der Waals surface area contributed by atoms with Crippen molar-refractivity contribution >= 4 is 35.6 Å². The minimum absolute atomic E-state index is 0. The molecule has 0 aliphatic carbocycles. The Morgan fingerprint density at radius 1 is 1.37 bits per heavy atom. The lowest BCUT2D eigenvalue weighted by molar-refractivity contribution is 0.0730. The molecule has 0 spiro atoms. The normalized spacial score (nSPS) is 13.8. The Bertz CT molecular complexity index is 425. The molecule has 1 aromatic carbocycles. The Morgan fingerprint density at radius 2 is 2.00 bits per heavy atom. The zero-order chi connectivity index (χ0) is 13.8. The summed E-state index contributed by atoms with van der Waals surface area (Å²) in [5.41, 5.74) is 0.711. The van der Waals surface area contributed by atoms with E-state index in [1.807, 2.05) is 32.2 Å². The molecular formula is C14H20Cl3NO. The van der Waals surface area contributed by atoms with E-state index in [0.29, 0.717) is 16.5 Å². The second-order valence-electron chi connectivity index (χ2n) is 4.75. The van der Waals surface area contributed by atoms with Crippen molar-refractivity contribution < 1.29 is 5.11 Å². The van der Waals surface area contributed by atoms with E-state index in [1.165, 1.54) is 0 Å². The third-order valence-corrected chi connectivity index (χ3v) is 3.97. The number of benzene rings is 1. The van der Waals surface area contributed by atoms with Crippen LogP contribution >= 0.6 is 35.6 Å². The average Bonchev–Trinajstić information content (AvgIpc) is 2.34. The van der Waals surface area contributed by atoms with Crippen LogP contribution in [-0.4, -0.2) is 35.7 Å². The average molecular weight is 325 g/mol. The van der Waals surface area contributed by atoms with Gasteiger partial charge in [0.15, 0.2) is 0 Å². The minimum Gasteiger partial charge on any atom is -0.394 e. The van der Waals surface area contributed by atoms with Crippen LogP contribution in [0.1, 0.15) is 12.5 Å². The van der Waals surface area contributed by atoms with E-state index in [1.54, 1.807) is 6.07 Å². The van der Waals surface area contributed by atoms with Gasteiger partial charge in [0.2, 0.25) is 0 Å². The van der Waals surface area contributed by atoms with E-state index >= 15 is 0 Å². The van der Waals surface area contributed by atoms with Gasteiger partial charge >= 0.3 is 0 Å². The molecule has 0 heterocycles. The van der Waals surface area contributed by atoms with Gasteiger partial charge in [0, 0.05) is 12.1 Å². The van der Waals surface area contributed by atoms with Gasteiger partial charge in [-0.05, 0) is 38.1 Å². The van der Waals surface area contributed by atoms with E-state index in [-0.39, 0.29) is 24.6 Å². The molecule has 0 saturated carbocycles. The molecule has 1 rings (SSSR count). The number of nitrogens with zero attached hydrogens (tertiary/aromatic N) is 1. The van der Waals surface area contributed by atoms with Crippen molar-refractivity contribution in [2.24, 2.45) is 0 Å². The van der Waals surface area contributed by atoms with Crippen LogP contribution in [0.4, 0.5) is 0 Å². The van der Waals surface area contributed by atoms with Crippen molar-refractivity contribution in [2.75, 3.05) is 20.2 Å². The quantitative estimate of drug-likeness (QED) is 0.804. The van der Waals surface area contributed by atoms with Crippen LogP contribution in [0.3, 0.4) is 0 Å². The van der Waals surface area contributed by atoms with Crippen LogP contribution in [0.25, 0.3) is 0 Å². The fourth-order valence-electron chi connectivity index (χ4n) is 1.81. The van der Waals surface area contributed by atoms with Crippen LogP contribution in [0.2, 0.25) is 10.0 Å². The molecule has 0 unspecified atom stereocenters. The van der Waals surface area contributed by atoms with Gasteiger partial charge in [-0.25, -0.2) is 0 Å². The molecule has 1 N–H and O–H groups in total. The molecule has 0 radical (unpaired) electrons. The monoisotopic (exact) mass is 323 g/mol. The summed E-state index contributed by atoms with van der Waals surface area (Å²) in [6.45, 7) is 6.52. The van der Waals surface area contributed by atoms with Crippen LogP contribution in [-0.2, 0) is 6.42 Å². The van der Waals surface area contributed by atoms with Crippen LogP contribution < -0.4 is 0 Å². The second kappa shape index (κ2) is 8.13. The molecule has 5 heteroatoms. The molecule has 1 atom stereocenters. The van der Waals surface area contributed by atoms with Crippen molar-refractivity contribution in [3.05, 3.63) is 46.5 Å². The number of hydrogen-bond acceptors (Lipinski definition) is 2. The van der Waals surface area contributed by atoms with Crippen LogP contribution in [0, 0.1) is 0 Å². The lowest BCUT2D eigenvalue weighted by Gasteiger charge is -2.37. The highest BCUT2D eigenvalue weighted by Gasteiger charge is 2.28. The Kier molecular flexibility index (Phi) is 8.02. The summed E-state index contributed by atoms with van der Waals surface area (Å²) in [5, 5.41) is 10.7. The van der Waals surface area contributed by atoms with E-state index in [9.17, 15) is 5.11 Å². The molecule has 0 amide bonds. The number of halogens is 3. The maximum absolute atomic E-state index is 9.63. The SMILES string of the molecule is C=CCN(C)[C@](C)(CO)Cc1ccc(Cl)c(Cl)c1.Cl. The molecule has 1 aromatic rings. The largest absolute Gasteiger partial charge is 0.394 e. The number of likely N-dealkylation sites (N-methyl/N-ethyl adjacent to an activating group) is 1. The van der Waals surface area contributed by atoms with Gasteiger partial charge in [0.25, 0.3) is 0 Å². The highest BCUT2D eigenvalue weighted by atomic mass is 35.5. The topological polar surface area (TPSA) is 23.5 Å². The Balaban J connectivity index is 0.00000324. The van der Waals surface area contributed by atoms with Gasteiger partial charge in [-0.15, -0.1) is 19.0 Å². The Hall–Kier alpha value is -0.250. The van der Waals surface area contributed by atoms with Gasteiger partial charge in [-0.3, -0.25) is 4.90 Å². The first-order valence-electron chi connectivity index (χ1n) is 5.80. The highest BCUT2D eigenvalue weighted by Crippen LogP contribution is 2.26. The van der Waals surface area contributed by atoms with Crippen molar-refractivity contribution in [1.82, 2.24) is 4.90 Å². The van der Waals surface area contributed by atoms with Gasteiger partial charge in [0.1, 0.15) is 0 Å². The van der Waals surface area contributed by atoms with E-state index in [2.05, 4.69) is 11.5 Å². The summed E-state index contributed by atoms with van der Waals surface area (Å²) in [5.74, 6) is 0. The molecular weight excluding hydrogens is 305 g/mol. The fraction of sp³-hybridized carbons (Fsp3) is 0.429. The Morgan fingerprint density at radius 3 is 2.47 bits per heavy atom. The highest BCUT2D eigenvalue weighted by molar-refractivity contribution is 6.42. The predicted octanol–water partition coefficient (Wildman–Crippen LogP) is 3.83. The summed E-state index contributed by atoms with van der Waals surface area (Å²) in [6, 6.07) is 5.56. The molecule has 2 nitrogen and oxygen atoms in total. The first-order valence-corrected chi connectivity index (χ1v) is 6.55. The molecule has 0 fully saturated rings. The molecule has 108 valence electrons. The summed E-state index contributed by atoms with van der Waals surface area (Å²) in [6.07, 6.45) is 2.52. The van der Waals surface area contributed by atoms with Crippen LogP contribution in [0.5, 0.6) is 0 Å². The van der Waals surface area contributed by atoms with Crippen molar-refractivity contribution in [3.8, 4) is 0 Å². The lowest BCUT2D eigenvalue weighted by atomic mass is 9.92. The van der Waals surface area contributed by atoms with Crippen molar-refractivity contribution in [1.29, 1.82) is 0 Å². The van der Waals surface area contributed by atoms with Crippen molar-refractivity contribution in [2.45, 2.75) is 18.9 Å². The van der Waals surface area contributed by atoms with E-state index in [0.717, 1.165) is 12.1 Å². The van der Waals surface area contributed by atoms with Crippen LogP contribution in [0.15, 0.2) is 30.9 Å². The van der Waals surface area contributed by atoms with Gasteiger partial charge in [-0.1, -0.05) is 35.3 Å². The summed E-state index contributed by atoms with van der Waals surface area (Å²) in [7, 11) is 1.97. The second-order valence-corrected chi connectivity index (χ2v) is 5.56. The minimum atomic E-state index is -0.342. The molecule has 19 heavy (non-hydrogen) atoms.